The fourth-order valence-corrected chi connectivity index (χ4v) is 2.77. The molecule has 0 aliphatic rings. The highest BCUT2D eigenvalue weighted by Gasteiger charge is 2.23. The summed E-state index contributed by atoms with van der Waals surface area (Å²) >= 11 is 2.24. The molecule has 0 fully saturated rings. The molecule has 1 rings (SSSR count). The summed E-state index contributed by atoms with van der Waals surface area (Å²) in [6.07, 6.45) is 0.651. The van der Waals surface area contributed by atoms with Crippen molar-refractivity contribution in [1.29, 1.82) is 0 Å². The number of hydrogen-bond acceptors (Lipinski definition) is 5. The first kappa shape index (κ1) is 24.5. The smallest absolute Gasteiger partial charge is 0.410 e. The van der Waals surface area contributed by atoms with E-state index in [-0.39, 0.29) is 18.0 Å². The summed E-state index contributed by atoms with van der Waals surface area (Å²) in [5, 5.41) is 0. The molecule has 1 unspecified atom stereocenters. The maximum absolute atomic E-state index is 12.5. The van der Waals surface area contributed by atoms with Crippen LogP contribution >= 0.6 is 22.6 Å². The summed E-state index contributed by atoms with van der Waals surface area (Å²) in [7, 11) is 0. The van der Waals surface area contributed by atoms with Gasteiger partial charge in [0.25, 0.3) is 0 Å². The molecule has 1 aromatic carbocycles. The van der Waals surface area contributed by atoms with Gasteiger partial charge in [-0.1, -0.05) is 6.92 Å². The Morgan fingerprint density at radius 1 is 1.14 bits per heavy atom. The molecule has 0 aromatic heterocycles. The minimum absolute atomic E-state index is 0.112. The SMILES string of the molecule is CCOC(=O)CC(C)CCN(CCOc1ccc(I)cc1)C(=O)OC(C)(C)C. The van der Waals surface area contributed by atoms with E-state index in [1.165, 1.54) is 0 Å². The van der Waals surface area contributed by atoms with E-state index in [2.05, 4.69) is 22.6 Å². The third-order valence-corrected chi connectivity index (χ3v) is 4.53. The van der Waals surface area contributed by atoms with Crippen LogP contribution in [0.1, 0.15) is 47.5 Å². The molecule has 0 aliphatic heterocycles. The second kappa shape index (κ2) is 12.1. The Balaban J connectivity index is 2.58. The average molecular weight is 505 g/mol. The van der Waals surface area contributed by atoms with Crippen molar-refractivity contribution in [1.82, 2.24) is 4.90 Å². The lowest BCUT2D eigenvalue weighted by molar-refractivity contribution is -0.144. The normalized spacial score (nSPS) is 12.2. The van der Waals surface area contributed by atoms with Crippen LogP contribution in [0.15, 0.2) is 24.3 Å². The van der Waals surface area contributed by atoms with E-state index < -0.39 is 5.60 Å². The van der Waals surface area contributed by atoms with Gasteiger partial charge in [-0.3, -0.25) is 4.79 Å². The molecule has 158 valence electrons. The van der Waals surface area contributed by atoms with E-state index in [1.807, 2.05) is 52.0 Å². The summed E-state index contributed by atoms with van der Waals surface area (Å²) in [6.45, 7) is 10.9. The monoisotopic (exact) mass is 505 g/mol. The quantitative estimate of drug-likeness (QED) is 0.335. The van der Waals surface area contributed by atoms with Crippen LogP contribution in [0.5, 0.6) is 5.75 Å². The van der Waals surface area contributed by atoms with Crippen molar-refractivity contribution >= 4 is 34.7 Å². The zero-order chi connectivity index (χ0) is 21.2. The largest absolute Gasteiger partial charge is 0.492 e. The van der Waals surface area contributed by atoms with Gasteiger partial charge in [-0.25, -0.2) is 4.79 Å². The Kier molecular flexibility index (Phi) is 10.6. The molecule has 0 heterocycles. The summed E-state index contributed by atoms with van der Waals surface area (Å²) in [5.41, 5.74) is -0.567. The van der Waals surface area contributed by atoms with Gasteiger partial charge < -0.3 is 19.1 Å². The Morgan fingerprint density at radius 3 is 2.36 bits per heavy atom. The van der Waals surface area contributed by atoms with E-state index in [1.54, 1.807) is 11.8 Å². The van der Waals surface area contributed by atoms with Gasteiger partial charge in [0.2, 0.25) is 0 Å². The van der Waals surface area contributed by atoms with Crippen molar-refractivity contribution in [2.75, 3.05) is 26.3 Å². The van der Waals surface area contributed by atoms with E-state index in [9.17, 15) is 9.59 Å². The predicted molar refractivity (Wildman–Crippen MR) is 117 cm³/mol. The van der Waals surface area contributed by atoms with Gasteiger partial charge in [0.15, 0.2) is 0 Å². The lowest BCUT2D eigenvalue weighted by Gasteiger charge is -2.28. The number of carbonyl (C=O) groups excluding carboxylic acids is 2. The molecule has 0 N–H and O–H groups in total. The Hall–Kier alpha value is -1.51. The third-order valence-electron chi connectivity index (χ3n) is 3.81. The molecule has 0 saturated heterocycles. The highest BCUT2D eigenvalue weighted by molar-refractivity contribution is 14.1. The first-order chi connectivity index (χ1) is 13.1. The van der Waals surface area contributed by atoms with Gasteiger partial charge >= 0.3 is 12.1 Å². The highest BCUT2D eigenvalue weighted by atomic mass is 127. The number of amides is 1. The second-order valence-corrected chi connectivity index (χ2v) is 8.92. The van der Waals surface area contributed by atoms with E-state index in [0.717, 1.165) is 9.32 Å². The number of ether oxygens (including phenoxy) is 3. The molecule has 6 nitrogen and oxygen atoms in total. The van der Waals surface area contributed by atoms with Crippen LogP contribution in [0.25, 0.3) is 0 Å². The number of nitrogens with zero attached hydrogens (tertiary/aromatic N) is 1. The second-order valence-electron chi connectivity index (χ2n) is 7.67. The molecule has 0 spiro atoms. The summed E-state index contributed by atoms with van der Waals surface area (Å²) in [4.78, 5) is 25.8. The van der Waals surface area contributed by atoms with Crippen molar-refractivity contribution in [2.45, 2.75) is 53.1 Å². The van der Waals surface area contributed by atoms with Crippen molar-refractivity contribution < 1.29 is 23.8 Å². The number of benzene rings is 1. The Labute approximate surface area is 182 Å². The van der Waals surface area contributed by atoms with Crippen molar-refractivity contribution in [3.63, 3.8) is 0 Å². The van der Waals surface area contributed by atoms with Crippen LogP contribution in [-0.2, 0) is 14.3 Å². The first-order valence-electron chi connectivity index (χ1n) is 9.62. The molecule has 7 heteroatoms. The lowest BCUT2D eigenvalue weighted by atomic mass is 10.0. The van der Waals surface area contributed by atoms with Crippen molar-refractivity contribution in [3.05, 3.63) is 27.8 Å². The minimum atomic E-state index is -0.567. The van der Waals surface area contributed by atoms with E-state index in [4.69, 9.17) is 14.2 Å². The zero-order valence-electron chi connectivity index (χ0n) is 17.5. The zero-order valence-corrected chi connectivity index (χ0v) is 19.7. The number of carbonyl (C=O) groups is 2. The lowest BCUT2D eigenvalue weighted by Crippen LogP contribution is -2.40. The van der Waals surface area contributed by atoms with Crippen LogP contribution in [0, 0.1) is 9.49 Å². The number of esters is 1. The molecular weight excluding hydrogens is 473 g/mol. The maximum atomic E-state index is 12.5. The van der Waals surface area contributed by atoms with Crippen LogP contribution in [0.4, 0.5) is 4.79 Å². The topological polar surface area (TPSA) is 65.1 Å². The summed E-state index contributed by atoms with van der Waals surface area (Å²) in [5.74, 6) is 0.669. The van der Waals surface area contributed by atoms with Gasteiger partial charge in [0.05, 0.1) is 13.2 Å². The van der Waals surface area contributed by atoms with Crippen LogP contribution in [0.3, 0.4) is 0 Å². The van der Waals surface area contributed by atoms with Crippen LogP contribution in [-0.4, -0.2) is 48.9 Å². The van der Waals surface area contributed by atoms with Gasteiger partial charge in [-0.15, -0.1) is 0 Å². The fraction of sp³-hybridized carbons (Fsp3) is 0.619. The molecule has 0 bridgehead atoms. The van der Waals surface area contributed by atoms with Crippen molar-refractivity contribution in [2.24, 2.45) is 5.92 Å². The average Bonchev–Trinajstić information content (AvgIpc) is 2.58. The Morgan fingerprint density at radius 2 is 1.79 bits per heavy atom. The molecule has 1 atom stereocenters. The molecule has 0 aliphatic carbocycles. The van der Waals surface area contributed by atoms with Gasteiger partial charge in [0.1, 0.15) is 18.0 Å². The number of rotatable bonds is 10. The molecule has 0 saturated carbocycles. The number of hydrogen-bond donors (Lipinski definition) is 0. The minimum Gasteiger partial charge on any atom is -0.492 e. The van der Waals surface area contributed by atoms with E-state index >= 15 is 0 Å². The van der Waals surface area contributed by atoms with Gasteiger partial charge in [0, 0.05) is 16.5 Å². The number of halogens is 1. The predicted octanol–water partition coefficient (Wildman–Crippen LogP) is 4.89. The first-order valence-corrected chi connectivity index (χ1v) is 10.7. The molecule has 1 aromatic rings. The van der Waals surface area contributed by atoms with Crippen LogP contribution in [0.2, 0.25) is 0 Å². The van der Waals surface area contributed by atoms with Crippen LogP contribution < -0.4 is 4.74 Å². The molecule has 0 radical (unpaired) electrons. The third kappa shape index (κ3) is 10.7. The fourth-order valence-electron chi connectivity index (χ4n) is 2.41. The summed E-state index contributed by atoms with van der Waals surface area (Å²) < 4.78 is 17.4. The standard InChI is InChI=1S/C21H32INO5/c1-6-26-19(24)15-16(2)11-12-23(20(25)28-21(3,4)5)13-14-27-18-9-7-17(22)8-10-18/h7-10,16H,6,11-15H2,1-5H3. The summed E-state index contributed by atoms with van der Waals surface area (Å²) in [6, 6.07) is 7.75. The highest BCUT2D eigenvalue weighted by Crippen LogP contribution is 2.16. The van der Waals surface area contributed by atoms with Gasteiger partial charge in [-0.05, 0) is 86.9 Å². The maximum Gasteiger partial charge on any atom is 0.410 e. The molecular formula is C21H32INO5. The van der Waals surface area contributed by atoms with Crippen molar-refractivity contribution in [3.8, 4) is 5.75 Å². The molecule has 28 heavy (non-hydrogen) atoms. The molecule has 1 amide bonds. The van der Waals surface area contributed by atoms with Gasteiger partial charge in [-0.2, -0.15) is 0 Å². The Bertz CT molecular complexity index is 612. The van der Waals surface area contributed by atoms with E-state index in [0.29, 0.717) is 39.1 Å².